The maximum atomic E-state index is 13.6. The molecule has 1 atom stereocenters. The van der Waals surface area contributed by atoms with Gasteiger partial charge in [-0.25, -0.2) is 4.39 Å². The van der Waals surface area contributed by atoms with Crippen LogP contribution in [0.4, 0.5) is 4.39 Å². The fourth-order valence-corrected chi connectivity index (χ4v) is 2.59. The topological polar surface area (TPSA) is 20.2 Å². The van der Waals surface area contributed by atoms with Gasteiger partial charge in [0.1, 0.15) is 5.82 Å². The molecule has 0 bridgehead atoms. The second kappa shape index (κ2) is 5.85. The van der Waals surface area contributed by atoms with E-state index in [4.69, 9.17) is 0 Å². The van der Waals surface area contributed by atoms with Crippen LogP contribution in [-0.2, 0) is 12.8 Å². The smallest absolute Gasteiger partial charge is 0.126 e. The summed E-state index contributed by atoms with van der Waals surface area (Å²) in [4.78, 5) is 0. The SMILES string of the molecule is CC(O)(Cc1ccccc1F)Cc1ccccc1Br. The van der Waals surface area contributed by atoms with Gasteiger partial charge < -0.3 is 5.11 Å². The number of halogens is 2. The van der Waals surface area contributed by atoms with Crippen molar-refractivity contribution in [2.45, 2.75) is 25.4 Å². The van der Waals surface area contributed by atoms with Crippen molar-refractivity contribution in [2.24, 2.45) is 0 Å². The van der Waals surface area contributed by atoms with E-state index >= 15 is 0 Å². The highest BCUT2D eigenvalue weighted by molar-refractivity contribution is 9.10. The van der Waals surface area contributed by atoms with E-state index in [2.05, 4.69) is 15.9 Å². The first-order valence-electron chi connectivity index (χ1n) is 6.17. The van der Waals surface area contributed by atoms with Crippen molar-refractivity contribution in [3.63, 3.8) is 0 Å². The highest BCUT2D eigenvalue weighted by Gasteiger charge is 2.23. The van der Waals surface area contributed by atoms with Crippen LogP contribution in [0.5, 0.6) is 0 Å². The van der Waals surface area contributed by atoms with Crippen LogP contribution in [0.15, 0.2) is 53.0 Å². The van der Waals surface area contributed by atoms with Crippen LogP contribution in [0, 0.1) is 5.82 Å². The minimum atomic E-state index is -0.980. The molecular formula is C16H16BrFO. The molecule has 0 saturated heterocycles. The summed E-state index contributed by atoms with van der Waals surface area (Å²) < 4.78 is 14.6. The maximum absolute atomic E-state index is 13.6. The van der Waals surface area contributed by atoms with Gasteiger partial charge in [-0.15, -0.1) is 0 Å². The van der Waals surface area contributed by atoms with E-state index in [1.807, 2.05) is 24.3 Å². The summed E-state index contributed by atoms with van der Waals surface area (Å²) in [5.41, 5.74) is 0.579. The molecule has 2 rings (SSSR count). The van der Waals surface area contributed by atoms with Crippen LogP contribution in [0.25, 0.3) is 0 Å². The summed E-state index contributed by atoms with van der Waals surface area (Å²) in [5, 5.41) is 10.5. The van der Waals surface area contributed by atoms with Crippen molar-refractivity contribution >= 4 is 15.9 Å². The summed E-state index contributed by atoms with van der Waals surface area (Å²) >= 11 is 3.46. The molecule has 0 radical (unpaired) electrons. The molecule has 0 spiro atoms. The molecule has 19 heavy (non-hydrogen) atoms. The van der Waals surface area contributed by atoms with E-state index in [9.17, 15) is 9.50 Å². The van der Waals surface area contributed by atoms with E-state index in [0.717, 1.165) is 10.0 Å². The first kappa shape index (κ1) is 14.2. The van der Waals surface area contributed by atoms with Crippen LogP contribution >= 0.6 is 15.9 Å². The van der Waals surface area contributed by atoms with Crippen molar-refractivity contribution in [3.8, 4) is 0 Å². The van der Waals surface area contributed by atoms with Crippen LogP contribution in [0.3, 0.4) is 0 Å². The van der Waals surface area contributed by atoms with Crippen LogP contribution < -0.4 is 0 Å². The molecule has 1 unspecified atom stereocenters. The van der Waals surface area contributed by atoms with Gasteiger partial charge in [-0.1, -0.05) is 52.3 Å². The lowest BCUT2D eigenvalue weighted by molar-refractivity contribution is 0.0597. The molecule has 0 fully saturated rings. The Hall–Kier alpha value is -1.19. The van der Waals surface area contributed by atoms with E-state index < -0.39 is 5.60 Å². The third-order valence-electron chi connectivity index (χ3n) is 3.06. The summed E-state index contributed by atoms with van der Waals surface area (Å²) in [6, 6.07) is 14.3. The summed E-state index contributed by atoms with van der Waals surface area (Å²) in [7, 11) is 0. The molecule has 0 aromatic heterocycles. The molecule has 0 saturated carbocycles. The molecule has 1 N–H and O–H groups in total. The molecular weight excluding hydrogens is 307 g/mol. The Bertz CT molecular complexity index is 517. The third kappa shape index (κ3) is 3.88. The van der Waals surface area contributed by atoms with E-state index in [1.54, 1.807) is 25.1 Å². The zero-order chi connectivity index (χ0) is 13.9. The highest BCUT2D eigenvalue weighted by Crippen LogP contribution is 2.24. The average Bonchev–Trinajstić information content (AvgIpc) is 2.35. The van der Waals surface area contributed by atoms with Gasteiger partial charge in [0.15, 0.2) is 0 Å². The van der Waals surface area contributed by atoms with Gasteiger partial charge in [0.05, 0.1) is 5.60 Å². The normalized spacial score (nSPS) is 14.1. The average molecular weight is 323 g/mol. The number of benzene rings is 2. The summed E-state index contributed by atoms with van der Waals surface area (Å²) in [6.45, 7) is 1.74. The van der Waals surface area contributed by atoms with E-state index in [0.29, 0.717) is 18.4 Å². The minimum absolute atomic E-state index is 0.269. The number of hydrogen-bond acceptors (Lipinski definition) is 1. The predicted molar refractivity (Wildman–Crippen MR) is 78.6 cm³/mol. The maximum Gasteiger partial charge on any atom is 0.126 e. The zero-order valence-electron chi connectivity index (χ0n) is 10.7. The Morgan fingerprint density at radius 3 is 2.16 bits per heavy atom. The fourth-order valence-electron chi connectivity index (χ4n) is 2.17. The molecule has 0 heterocycles. The van der Waals surface area contributed by atoms with Gasteiger partial charge in [0.2, 0.25) is 0 Å². The molecule has 1 nitrogen and oxygen atoms in total. The Morgan fingerprint density at radius 2 is 1.53 bits per heavy atom. The van der Waals surface area contributed by atoms with Gasteiger partial charge in [-0.3, -0.25) is 0 Å². The Kier molecular flexibility index (Phi) is 4.38. The van der Waals surface area contributed by atoms with Gasteiger partial charge in [0, 0.05) is 17.3 Å². The van der Waals surface area contributed by atoms with Crippen molar-refractivity contribution in [1.29, 1.82) is 0 Å². The minimum Gasteiger partial charge on any atom is -0.389 e. The quantitative estimate of drug-likeness (QED) is 0.897. The number of rotatable bonds is 4. The lowest BCUT2D eigenvalue weighted by Crippen LogP contribution is -2.30. The summed E-state index contributed by atoms with van der Waals surface area (Å²) in [5.74, 6) is -0.269. The molecule has 100 valence electrons. The van der Waals surface area contributed by atoms with Crippen molar-refractivity contribution in [1.82, 2.24) is 0 Å². The molecule has 0 aliphatic rings. The van der Waals surface area contributed by atoms with E-state index in [-0.39, 0.29) is 5.82 Å². The van der Waals surface area contributed by atoms with E-state index in [1.165, 1.54) is 6.07 Å². The molecule has 0 aliphatic heterocycles. The van der Waals surface area contributed by atoms with Crippen molar-refractivity contribution in [3.05, 3.63) is 69.9 Å². The Labute approximate surface area is 121 Å². The largest absolute Gasteiger partial charge is 0.389 e. The van der Waals surface area contributed by atoms with Crippen molar-refractivity contribution < 1.29 is 9.50 Å². The number of hydrogen-bond donors (Lipinski definition) is 1. The molecule has 3 heteroatoms. The standard InChI is InChI=1S/C16H16BrFO/c1-16(19,10-12-6-2-4-8-14(12)17)11-13-7-3-5-9-15(13)18/h2-9,19H,10-11H2,1H3. The predicted octanol–water partition coefficient (Wildman–Crippen LogP) is 4.12. The van der Waals surface area contributed by atoms with Gasteiger partial charge in [-0.05, 0) is 30.2 Å². The molecule has 2 aromatic rings. The summed E-state index contributed by atoms with van der Waals surface area (Å²) in [6.07, 6.45) is 0.768. The van der Waals surface area contributed by atoms with Crippen LogP contribution in [0.1, 0.15) is 18.1 Å². The van der Waals surface area contributed by atoms with Gasteiger partial charge in [-0.2, -0.15) is 0 Å². The molecule has 0 amide bonds. The Balaban J connectivity index is 2.15. The Morgan fingerprint density at radius 1 is 1.00 bits per heavy atom. The van der Waals surface area contributed by atoms with Gasteiger partial charge >= 0.3 is 0 Å². The first-order valence-corrected chi connectivity index (χ1v) is 6.96. The zero-order valence-corrected chi connectivity index (χ0v) is 12.3. The fraction of sp³-hybridized carbons (Fsp3) is 0.250. The van der Waals surface area contributed by atoms with Crippen molar-refractivity contribution in [2.75, 3.05) is 0 Å². The second-order valence-corrected chi connectivity index (χ2v) is 5.89. The van der Waals surface area contributed by atoms with Crippen LogP contribution in [0.2, 0.25) is 0 Å². The third-order valence-corrected chi connectivity index (χ3v) is 3.83. The van der Waals surface area contributed by atoms with Crippen LogP contribution in [-0.4, -0.2) is 10.7 Å². The first-order chi connectivity index (χ1) is 8.98. The lowest BCUT2D eigenvalue weighted by Gasteiger charge is -2.24. The second-order valence-electron chi connectivity index (χ2n) is 5.03. The lowest BCUT2D eigenvalue weighted by atomic mass is 9.89. The number of aliphatic hydroxyl groups is 1. The molecule has 0 aliphatic carbocycles. The molecule has 2 aromatic carbocycles. The van der Waals surface area contributed by atoms with Gasteiger partial charge in [0.25, 0.3) is 0 Å². The monoisotopic (exact) mass is 322 g/mol. The highest BCUT2D eigenvalue weighted by atomic mass is 79.9.